The monoisotopic (exact) mass is 258 g/mol. The molecule has 2 aliphatic heterocycles. The van der Waals surface area contributed by atoms with Crippen LogP contribution in [0, 0.1) is 5.92 Å². The summed E-state index contributed by atoms with van der Waals surface area (Å²) in [6.07, 6.45) is 0.111. The minimum absolute atomic E-state index is 0.135. The van der Waals surface area contributed by atoms with Crippen LogP contribution in [0.25, 0.3) is 0 Å². The summed E-state index contributed by atoms with van der Waals surface area (Å²) in [5.74, 6) is -1.78. The minimum Gasteiger partial charge on any atom is -0.481 e. The number of hydrogen-bond donors (Lipinski definition) is 3. The van der Waals surface area contributed by atoms with Gasteiger partial charge in [0.1, 0.15) is 5.92 Å². The molecule has 102 valence electrons. The second-order valence-electron chi connectivity index (χ2n) is 4.56. The molecule has 0 bridgehead atoms. The van der Waals surface area contributed by atoms with Crippen LogP contribution in [0.1, 0.15) is 6.42 Å². The summed E-state index contributed by atoms with van der Waals surface area (Å²) >= 11 is 0. The highest BCUT2D eigenvalue weighted by molar-refractivity contribution is 5.78. The van der Waals surface area contributed by atoms with Crippen LogP contribution in [0.15, 0.2) is 0 Å². The predicted molar refractivity (Wildman–Crippen MR) is 61.1 cm³/mol. The first-order chi connectivity index (χ1) is 8.66. The van der Waals surface area contributed by atoms with Crippen molar-refractivity contribution in [1.82, 2.24) is 10.6 Å². The van der Waals surface area contributed by atoms with Gasteiger partial charge in [0.2, 0.25) is 5.91 Å². The van der Waals surface area contributed by atoms with E-state index in [1.165, 1.54) is 0 Å². The quantitative estimate of drug-likeness (QED) is 0.572. The van der Waals surface area contributed by atoms with Crippen LogP contribution in [0.2, 0.25) is 0 Å². The number of carboxylic acid groups (broad SMARTS) is 1. The molecule has 7 nitrogen and oxygen atoms in total. The molecule has 0 aliphatic carbocycles. The Hall–Kier alpha value is -1.18. The predicted octanol–water partition coefficient (Wildman–Crippen LogP) is -1.42. The van der Waals surface area contributed by atoms with Crippen molar-refractivity contribution in [2.75, 3.05) is 32.9 Å². The van der Waals surface area contributed by atoms with Crippen molar-refractivity contribution in [2.24, 2.45) is 5.92 Å². The summed E-state index contributed by atoms with van der Waals surface area (Å²) in [6, 6.07) is -0.438. The molecule has 3 N–H and O–H groups in total. The largest absolute Gasteiger partial charge is 0.481 e. The zero-order valence-corrected chi connectivity index (χ0v) is 10.1. The third-order valence-electron chi connectivity index (χ3n) is 3.16. The van der Waals surface area contributed by atoms with Crippen LogP contribution in [-0.4, -0.2) is 62.0 Å². The SMILES string of the molecule is O=C(CC1CNCCO1)NC1COCC1C(=O)O. The molecule has 3 unspecified atom stereocenters. The Bertz CT molecular complexity index is 317. The van der Waals surface area contributed by atoms with Gasteiger partial charge in [0, 0.05) is 13.1 Å². The first kappa shape index (κ1) is 13.3. The Kier molecular flexibility index (Phi) is 4.51. The zero-order chi connectivity index (χ0) is 13.0. The molecule has 2 fully saturated rings. The fourth-order valence-corrected chi connectivity index (χ4v) is 2.16. The van der Waals surface area contributed by atoms with Crippen LogP contribution in [0.3, 0.4) is 0 Å². The van der Waals surface area contributed by atoms with Crippen molar-refractivity contribution in [3.8, 4) is 0 Å². The van der Waals surface area contributed by atoms with Gasteiger partial charge in [-0.25, -0.2) is 0 Å². The average Bonchev–Trinajstić information content (AvgIpc) is 2.78. The van der Waals surface area contributed by atoms with E-state index < -0.39 is 17.9 Å². The number of hydrogen-bond acceptors (Lipinski definition) is 5. The lowest BCUT2D eigenvalue weighted by Gasteiger charge is -2.24. The topological polar surface area (TPSA) is 96.9 Å². The van der Waals surface area contributed by atoms with Gasteiger partial charge in [0.15, 0.2) is 0 Å². The summed E-state index contributed by atoms with van der Waals surface area (Å²) in [7, 11) is 0. The van der Waals surface area contributed by atoms with Gasteiger partial charge in [-0.15, -0.1) is 0 Å². The highest BCUT2D eigenvalue weighted by Crippen LogP contribution is 2.14. The molecule has 0 aromatic carbocycles. The molecule has 0 spiro atoms. The Morgan fingerprint density at radius 1 is 1.39 bits per heavy atom. The van der Waals surface area contributed by atoms with E-state index in [9.17, 15) is 9.59 Å². The summed E-state index contributed by atoms with van der Waals surface area (Å²) in [5.41, 5.74) is 0. The van der Waals surface area contributed by atoms with Gasteiger partial charge in [-0.05, 0) is 0 Å². The van der Waals surface area contributed by atoms with E-state index in [0.29, 0.717) is 13.2 Å². The van der Waals surface area contributed by atoms with Gasteiger partial charge in [-0.3, -0.25) is 9.59 Å². The fourth-order valence-electron chi connectivity index (χ4n) is 2.16. The first-order valence-electron chi connectivity index (χ1n) is 6.09. The molecule has 2 aliphatic rings. The van der Waals surface area contributed by atoms with E-state index in [-0.39, 0.29) is 31.6 Å². The van der Waals surface area contributed by atoms with Gasteiger partial charge in [-0.2, -0.15) is 0 Å². The van der Waals surface area contributed by atoms with Gasteiger partial charge in [-0.1, -0.05) is 0 Å². The van der Waals surface area contributed by atoms with E-state index in [2.05, 4.69) is 10.6 Å². The average molecular weight is 258 g/mol. The number of nitrogens with one attached hydrogen (secondary N) is 2. The Morgan fingerprint density at radius 2 is 2.22 bits per heavy atom. The second-order valence-corrected chi connectivity index (χ2v) is 4.56. The van der Waals surface area contributed by atoms with Crippen LogP contribution in [0.5, 0.6) is 0 Å². The molecule has 0 aromatic rings. The van der Waals surface area contributed by atoms with Gasteiger partial charge < -0.3 is 25.2 Å². The van der Waals surface area contributed by atoms with E-state index in [1.54, 1.807) is 0 Å². The first-order valence-corrected chi connectivity index (χ1v) is 6.09. The highest BCUT2D eigenvalue weighted by atomic mass is 16.5. The third kappa shape index (κ3) is 3.41. The lowest BCUT2D eigenvalue weighted by molar-refractivity contribution is -0.142. The standard InChI is InChI=1S/C11H18N2O5/c14-10(3-7-4-12-1-2-18-7)13-9-6-17-5-8(9)11(15)16/h7-9,12H,1-6H2,(H,13,14)(H,15,16). The Balaban J connectivity index is 1.77. The molecule has 3 atom stereocenters. The number of carbonyl (C=O) groups is 2. The molecule has 18 heavy (non-hydrogen) atoms. The number of aliphatic carboxylic acids is 1. The van der Waals surface area contributed by atoms with Crippen molar-refractivity contribution in [3.05, 3.63) is 0 Å². The molecule has 0 aromatic heterocycles. The molecule has 0 saturated carbocycles. The molecule has 1 amide bonds. The minimum atomic E-state index is -0.937. The van der Waals surface area contributed by atoms with Crippen LogP contribution in [0.4, 0.5) is 0 Å². The van der Waals surface area contributed by atoms with Crippen molar-refractivity contribution >= 4 is 11.9 Å². The van der Waals surface area contributed by atoms with Gasteiger partial charge in [0.05, 0.1) is 38.4 Å². The number of rotatable bonds is 4. The van der Waals surface area contributed by atoms with Gasteiger partial charge >= 0.3 is 5.97 Å². The summed E-state index contributed by atoms with van der Waals surface area (Å²) in [5, 5.41) is 14.8. The van der Waals surface area contributed by atoms with Crippen molar-refractivity contribution in [3.63, 3.8) is 0 Å². The summed E-state index contributed by atoms with van der Waals surface area (Å²) in [6.45, 7) is 2.46. The Labute approximate surface area is 105 Å². The van der Waals surface area contributed by atoms with Crippen molar-refractivity contribution in [1.29, 1.82) is 0 Å². The van der Waals surface area contributed by atoms with E-state index >= 15 is 0 Å². The summed E-state index contributed by atoms with van der Waals surface area (Å²) < 4.78 is 10.5. The molecular weight excluding hydrogens is 240 g/mol. The van der Waals surface area contributed by atoms with E-state index in [0.717, 1.165) is 6.54 Å². The second kappa shape index (κ2) is 6.12. The third-order valence-corrected chi connectivity index (χ3v) is 3.16. The smallest absolute Gasteiger partial charge is 0.311 e. The molecular formula is C11H18N2O5. The lowest BCUT2D eigenvalue weighted by atomic mass is 10.0. The summed E-state index contributed by atoms with van der Waals surface area (Å²) in [4.78, 5) is 22.7. The fraction of sp³-hybridized carbons (Fsp3) is 0.818. The van der Waals surface area contributed by atoms with Crippen molar-refractivity contribution in [2.45, 2.75) is 18.6 Å². The maximum absolute atomic E-state index is 11.8. The van der Waals surface area contributed by atoms with Crippen LogP contribution >= 0.6 is 0 Å². The van der Waals surface area contributed by atoms with Crippen LogP contribution in [-0.2, 0) is 19.1 Å². The number of ether oxygens (including phenoxy) is 2. The maximum atomic E-state index is 11.8. The molecule has 0 radical (unpaired) electrons. The number of amides is 1. The normalized spacial score (nSPS) is 32.1. The molecule has 2 heterocycles. The molecule has 2 rings (SSSR count). The van der Waals surface area contributed by atoms with Crippen molar-refractivity contribution < 1.29 is 24.2 Å². The van der Waals surface area contributed by atoms with Gasteiger partial charge in [0.25, 0.3) is 0 Å². The number of morpholine rings is 1. The zero-order valence-electron chi connectivity index (χ0n) is 10.1. The number of carbonyl (C=O) groups excluding carboxylic acids is 1. The Morgan fingerprint density at radius 3 is 2.89 bits per heavy atom. The molecule has 7 heteroatoms. The maximum Gasteiger partial charge on any atom is 0.311 e. The van der Waals surface area contributed by atoms with Crippen LogP contribution < -0.4 is 10.6 Å². The molecule has 2 saturated heterocycles. The van der Waals surface area contributed by atoms with E-state index in [4.69, 9.17) is 14.6 Å². The lowest BCUT2D eigenvalue weighted by Crippen LogP contribution is -2.46. The number of carboxylic acids is 1. The highest BCUT2D eigenvalue weighted by Gasteiger charge is 2.35. The van der Waals surface area contributed by atoms with E-state index in [1.807, 2.05) is 0 Å².